The molecule has 0 aliphatic carbocycles. The molecule has 0 saturated heterocycles. The number of carboxylic acids is 1. The minimum Gasteiger partial charge on any atom is -0.508 e. The van der Waals surface area contributed by atoms with Gasteiger partial charge in [0.05, 0.1) is 12.5 Å². The van der Waals surface area contributed by atoms with E-state index in [0.29, 0.717) is 17.5 Å². The van der Waals surface area contributed by atoms with Gasteiger partial charge in [-0.1, -0.05) is 44.2 Å². The number of aliphatic carboxylic acids is 1. The number of nitrogens with one attached hydrogen (secondary N) is 4. The van der Waals surface area contributed by atoms with E-state index in [2.05, 4.69) is 20.9 Å². The fraction of sp³-hybridized carbons (Fsp3) is 0.367. The number of carboxylic acid groups (broad SMARTS) is 1. The van der Waals surface area contributed by atoms with Crippen LogP contribution in [0.3, 0.4) is 0 Å². The molecule has 0 radical (unpaired) electrons. The zero-order valence-electron chi connectivity index (χ0n) is 24.0. The maximum atomic E-state index is 13.6. The second kappa shape index (κ2) is 14.8. The standard InChI is InChI=1S/C30H38N6O7/c1-16(2)11-21(31)27(39)34-24(14-26(32)38)29(41)35-23(13-18-15-33-22-6-4-3-5-20(18)22)28(40)36-25(30(42)43)12-17-7-9-19(37)10-8-17/h3-10,15-16,21,23-25,33,37H,11-14,31H2,1-2H3,(H2,32,38)(H,34,39)(H,35,41)(H,36,40)(H,42,43). The zero-order chi connectivity index (χ0) is 31.7. The number of aromatic nitrogens is 1. The topological polar surface area (TPSA) is 230 Å². The Labute approximate surface area is 248 Å². The van der Waals surface area contributed by atoms with E-state index in [1.54, 1.807) is 6.20 Å². The Kier molecular flexibility index (Phi) is 11.2. The number of primary amides is 1. The highest BCUT2D eigenvalue weighted by Gasteiger charge is 2.32. The van der Waals surface area contributed by atoms with Crippen molar-refractivity contribution in [2.45, 2.75) is 63.7 Å². The first-order valence-corrected chi connectivity index (χ1v) is 13.8. The minimum atomic E-state index is -1.42. The Bertz CT molecular complexity index is 1450. The average molecular weight is 595 g/mol. The van der Waals surface area contributed by atoms with Gasteiger partial charge in [0.15, 0.2) is 0 Å². The molecule has 2 aromatic carbocycles. The maximum Gasteiger partial charge on any atom is 0.326 e. The predicted molar refractivity (Wildman–Crippen MR) is 158 cm³/mol. The molecule has 230 valence electrons. The van der Waals surface area contributed by atoms with E-state index >= 15 is 0 Å². The van der Waals surface area contributed by atoms with Crippen molar-refractivity contribution in [3.8, 4) is 5.75 Å². The van der Waals surface area contributed by atoms with Crippen LogP contribution in [0.25, 0.3) is 10.9 Å². The third kappa shape index (κ3) is 9.57. The zero-order valence-corrected chi connectivity index (χ0v) is 24.0. The minimum absolute atomic E-state index is 0.00364. The lowest BCUT2D eigenvalue weighted by Gasteiger charge is -2.25. The molecule has 0 bridgehead atoms. The molecule has 10 N–H and O–H groups in total. The lowest BCUT2D eigenvalue weighted by Crippen LogP contribution is -2.58. The number of hydrogen-bond acceptors (Lipinski definition) is 7. The number of hydrogen-bond donors (Lipinski definition) is 8. The van der Waals surface area contributed by atoms with Gasteiger partial charge >= 0.3 is 5.97 Å². The second-order valence-corrected chi connectivity index (χ2v) is 10.9. The van der Waals surface area contributed by atoms with E-state index in [9.17, 15) is 34.2 Å². The smallest absolute Gasteiger partial charge is 0.326 e. The van der Waals surface area contributed by atoms with Gasteiger partial charge in [-0.15, -0.1) is 0 Å². The summed E-state index contributed by atoms with van der Waals surface area (Å²) in [4.78, 5) is 66.6. The molecular weight excluding hydrogens is 556 g/mol. The highest BCUT2D eigenvalue weighted by molar-refractivity contribution is 5.96. The van der Waals surface area contributed by atoms with Crippen LogP contribution in [-0.2, 0) is 36.8 Å². The molecule has 43 heavy (non-hydrogen) atoms. The fourth-order valence-electron chi connectivity index (χ4n) is 4.65. The van der Waals surface area contributed by atoms with Gasteiger partial charge in [-0.25, -0.2) is 4.79 Å². The van der Waals surface area contributed by atoms with Crippen LogP contribution < -0.4 is 27.4 Å². The molecule has 3 rings (SSSR count). The van der Waals surface area contributed by atoms with E-state index in [-0.39, 0.29) is 24.5 Å². The summed E-state index contributed by atoms with van der Waals surface area (Å²) in [6.45, 7) is 3.75. The van der Waals surface area contributed by atoms with Gasteiger partial charge in [-0.3, -0.25) is 19.2 Å². The number of phenols is 1. The van der Waals surface area contributed by atoms with Crippen molar-refractivity contribution in [3.05, 3.63) is 65.9 Å². The number of carbonyl (C=O) groups is 5. The quantitative estimate of drug-likeness (QED) is 0.123. The van der Waals surface area contributed by atoms with E-state index in [1.807, 2.05) is 38.1 Å². The largest absolute Gasteiger partial charge is 0.508 e. The van der Waals surface area contributed by atoms with Crippen LogP contribution in [0, 0.1) is 5.92 Å². The normalized spacial score (nSPS) is 14.0. The Balaban J connectivity index is 1.86. The Hall–Kier alpha value is -4.91. The van der Waals surface area contributed by atoms with Crippen molar-refractivity contribution in [1.82, 2.24) is 20.9 Å². The number of amides is 4. The van der Waals surface area contributed by atoms with Gasteiger partial charge in [0.25, 0.3) is 0 Å². The van der Waals surface area contributed by atoms with Gasteiger partial charge in [0.2, 0.25) is 23.6 Å². The SMILES string of the molecule is CC(C)CC(N)C(=O)NC(CC(N)=O)C(=O)NC(Cc1c[nH]c2ccccc12)C(=O)NC(Cc1ccc(O)cc1)C(=O)O. The number of aromatic hydroxyl groups is 1. The number of H-pyrrole nitrogens is 1. The number of aromatic amines is 1. The van der Waals surface area contributed by atoms with Crippen LogP contribution in [0.1, 0.15) is 37.8 Å². The van der Waals surface area contributed by atoms with E-state index < -0.39 is 60.2 Å². The van der Waals surface area contributed by atoms with Crippen molar-refractivity contribution >= 4 is 40.5 Å². The number of carbonyl (C=O) groups excluding carboxylic acids is 4. The molecule has 0 fully saturated rings. The molecule has 0 saturated carbocycles. The summed E-state index contributed by atoms with van der Waals surface area (Å²) >= 11 is 0. The van der Waals surface area contributed by atoms with Crippen molar-refractivity contribution in [2.24, 2.45) is 17.4 Å². The molecule has 4 amide bonds. The number of fused-ring (bicyclic) bond motifs is 1. The summed E-state index contributed by atoms with van der Waals surface area (Å²) in [7, 11) is 0. The number of phenolic OH excluding ortho intramolecular Hbond substituents is 1. The molecule has 3 aromatic rings. The molecule has 0 aliphatic heterocycles. The number of para-hydroxylation sites is 1. The van der Waals surface area contributed by atoms with Crippen molar-refractivity contribution < 1.29 is 34.2 Å². The molecule has 0 aliphatic rings. The Morgan fingerprint density at radius 2 is 1.44 bits per heavy atom. The summed E-state index contributed by atoms with van der Waals surface area (Å²) in [6, 6.07) is 8.14. The third-order valence-electron chi connectivity index (χ3n) is 6.82. The van der Waals surface area contributed by atoms with Crippen LogP contribution in [0.5, 0.6) is 5.75 Å². The maximum absolute atomic E-state index is 13.6. The monoisotopic (exact) mass is 594 g/mol. The van der Waals surface area contributed by atoms with Gasteiger partial charge in [0.1, 0.15) is 23.9 Å². The first kappa shape index (κ1) is 32.6. The number of rotatable bonds is 15. The van der Waals surface area contributed by atoms with Crippen molar-refractivity contribution in [1.29, 1.82) is 0 Å². The van der Waals surface area contributed by atoms with E-state index in [4.69, 9.17) is 11.5 Å². The molecule has 13 heteroatoms. The lowest BCUT2D eigenvalue weighted by atomic mass is 10.0. The van der Waals surface area contributed by atoms with Crippen LogP contribution in [0.4, 0.5) is 0 Å². The molecule has 13 nitrogen and oxygen atoms in total. The van der Waals surface area contributed by atoms with Gasteiger partial charge in [-0.2, -0.15) is 0 Å². The van der Waals surface area contributed by atoms with Crippen molar-refractivity contribution in [3.63, 3.8) is 0 Å². The first-order chi connectivity index (χ1) is 20.3. The average Bonchev–Trinajstić information content (AvgIpc) is 3.35. The Morgan fingerprint density at radius 1 is 0.837 bits per heavy atom. The number of benzene rings is 2. The van der Waals surface area contributed by atoms with Crippen molar-refractivity contribution in [2.75, 3.05) is 0 Å². The summed E-state index contributed by atoms with van der Waals surface area (Å²) in [5.74, 6) is -4.40. The third-order valence-corrected chi connectivity index (χ3v) is 6.82. The molecular formula is C30H38N6O7. The Morgan fingerprint density at radius 3 is 2.07 bits per heavy atom. The van der Waals surface area contributed by atoms with Crippen LogP contribution in [0.2, 0.25) is 0 Å². The fourth-order valence-corrected chi connectivity index (χ4v) is 4.65. The first-order valence-electron chi connectivity index (χ1n) is 13.8. The molecule has 4 unspecified atom stereocenters. The molecule has 0 spiro atoms. The highest BCUT2D eigenvalue weighted by atomic mass is 16.4. The van der Waals surface area contributed by atoms with Gasteiger partial charge in [0, 0.05) is 29.9 Å². The second-order valence-electron chi connectivity index (χ2n) is 10.9. The molecule has 4 atom stereocenters. The van der Waals surface area contributed by atoms with E-state index in [0.717, 1.165) is 10.9 Å². The summed E-state index contributed by atoms with van der Waals surface area (Å²) in [5, 5.41) is 27.7. The number of nitrogens with two attached hydrogens (primary N) is 2. The van der Waals surface area contributed by atoms with Gasteiger partial charge in [-0.05, 0) is 41.7 Å². The summed E-state index contributed by atoms with van der Waals surface area (Å²) in [5.41, 5.74) is 13.3. The molecule has 1 heterocycles. The lowest BCUT2D eigenvalue weighted by molar-refractivity contribution is -0.142. The highest BCUT2D eigenvalue weighted by Crippen LogP contribution is 2.20. The van der Waals surface area contributed by atoms with Crippen LogP contribution in [0.15, 0.2) is 54.7 Å². The van der Waals surface area contributed by atoms with E-state index in [1.165, 1.54) is 24.3 Å². The van der Waals surface area contributed by atoms with Gasteiger partial charge < -0.3 is 42.6 Å². The predicted octanol–water partition coefficient (Wildman–Crippen LogP) is 0.447. The van der Waals surface area contributed by atoms with Crippen LogP contribution in [-0.4, -0.2) is 69.0 Å². The van der Waals surface area contributed by atoms with Crippen LogP contribution >= 0.6 is 0 Å². The molecule has 1 aromatic heterocycles. The summed E-state index contributed by atoms with van der Waals surface area (Å²) < 4.78 is 0. The summed E-state index contributed by atoms with van der Waals surface area (Å²) in [6.07, 6.45) is 1.32.